The Morgan fingerprint density at radius 3 is 2.07 bits per heavy atom. The summed E-state index contributed by atoms with van der Waals surface area (Å²) >= 11 is 0. The maximum absolute atomic E-state index is 11.9. The smallest absolute Gasteiger partial charge is 0.155 e. The van der Waals surface area contributed by atoms with Gasteiger partial charge in [0.15, 0.2) is 9.84 Å². The quantitative estimate of drug-likeness (QED) is 0.802. The van der Waals surface area contributed by atoms with Crippen molar-refractivity contribution in [3.8, 4) is 0 Å². The second kappa shape index (κ2) is 4.42. The first kappa shape index (κ1) is 13.0. The molecule has 1 aliphatic rings. The van der Waals surface area contributed by atoms with E-state index in [1.165, 1.54) is 6.42 Å². The SMILES string of the molecule is CC(C)(C)S(=O)(=O)CCC1CCC1CN. The van der Waals surface area contributed by atoms with E-state index in [9.17, 15) is 8.42 Å². The summed E-state index contributed by atoms with van der Waals surface area (Å²) in [5.74, 6) is 1.43. The lowest BCUT2D eigenvalue weighted by molar-refractivity contribution is 0.179. The molecule has 90 valence electrons. The Morgan fingerprint density at radius 1 is 1.20 bits per heavy atom. The van der Waals surface area contributed by atoms with Crippen LogP contribution in [0.25, 0.3) is 0 Å². The van der Waals surface area contributed by atoms with Crippen molar-refractivity contribution >= 4 is 9.84 Å². The Hall–Kier alpha value is -0.0900. The van der Waals surface area contributed by atoms with Crippen LogP contribution in [0.4, 0.5) is 0 Å². The van der Waals surface area contributed by atoms with E-state index in [1.54, 1.807) is 20.8 Å². The normalized spacial score (nSPS) is 27.5. The summed E-state index contributed by atoms with van der Waals surface area (Å²) < 4.78 is 23.1. The van der Waals surface area contributed by atoms with Gasteiger partial charge in [-0.2, -0.15) is 0 Å². The fraction of sp³-hybridized carbons (Fsp3) is 1.00. The highest BCUT2D eigenvalue weighted by atomic mass is 32.2. The maximum atomic E-state index is 11.9. The molecule has 0 bridgehead atoms. The molecular formula is C11H23NO2S. The summed E-state index contributed by atoms with van der Waals surface area (Å²) in [6.07, 6.45) is 3.12. The van der Waals surface area contributed by atoms with Crippen LogP contribution >= 0.6 is 0 Å². The lowest BCUT2D eigenvalue weighted by atomic mass is 9.72. The van der Waals surface area contributed by atoms with Gasteiger partial charge in [-0.25, -0.2) is 8.42 Å². The molecule has 0 heterocycles. The standard InChI is InChI=1S/C11H23NO2S/c1-11(2,3)15(13,14)7-6-9-4-5-10(9)8-12/h9-10H,4-8,12H2,1-3H3. The average molecular weight is 233 g/mol. The predicted octanol–water partition coefficient (Wildman–Crippen LogP) is 1.57. The van der Waals surface area contributed by atoms with E-state index >= 15 is 0 Å². The van der Waals surface area contributed by atoms with Crippen molar-refractivity contribution in [1.29, 1.82) is 0 Å². The molecular weight excluding hydrogens is 210 g/mol. The van der Waals surface area contributed by atoms with E-state index in [0.29, 0.717) is 24.1 Å². The maximum Gasteiger partial charge on any atom is 0.155 e. The molecule has 0 aromatic carbocycles. The van der Waals surface area contributed by atoms with Crippen LogP contribution in [0.5, 0.6) is 0 Å². The minimum absolute atomic E-state index is 0.317. The summed E-state index contributed by atoms with van der Waals surface area (Å²) in [6.45, 7) is 6.01. The lowest BCUT2D eigenvalue weighted by Crippen LogP contribution is -2.36. The molecule has 2 N–H and O–H groups in total. The number of rotatable bonds is 4. The topological polar surface area (TPSA) is 60.2 Å². The fourth-order valence-electron chi connectivity index (χ4n) is 1.94. The molecule has 15 heavy (non-hydrogen) atoms. The number of nitrogens with two attached hydrogens (primary N) is 1. The van der Waals surface area contributed by atoms with Crippen molar-refractivity contribution in [1.82, 2.24) is 0 Å². The van der Waals surface area contributed by atoms with Crippen molar-refractivity contribution < 1.29 is 8.42 Å². The highest BCUT2D eigenvalue weighted by Gasteiger charge is 2.34. The highest BCUT2D eigenvalue weighted by molar-refractivity contribution is 7.92. The first-order chi connectivity index (χ1) is 6.78. The highest BCUT2D eigenvalue weighted by Crippen LogP contribution is 2.36. The second-order valence-electron chi connectivity index (χ2n) is 5.55. The van der Waals surface area contributed by atoms with Gasteiger partial charge in [-0.1, -0.05) is 0 Å². The molecule has 0 aromatic heterocycles. The zero-order valence-electron chi connectivity index (χ0n) is 9.99. The Morgan fingerprint density at radius 2 is 1.73 bits per heavy atom. The molecule has 1 fully saturated rings. The third-order valence-corrected chi connectivity index (χ3v) is 6.21. The molecule has 0 aromatic rings. The monoisotopic (exact) mass is 233 g/mol. The van der Waals surface area contributed by atoms with Crippen molar-refractivity contribution in [2.45, 2.75) is 44.8 Å². The second-order valence-corrected chi connectivity index (χ2v) is 8.42. The molecule has 2 atom stereocenters. The summed E-state index contributed by atoms with van der Waals surface area (Å²) in [5.41, 5.74) is 5.60. The van der Waals surface area contributed by atoms with Gasteiger partial charge in [0, 0.05) is 0 Å². The third-order valence-electron chi connectivity index (χ3n) is 3.57. The summed E-state index contributed by atoms with van der Waals surface area (Å²) in [5, 5.41) is 0. The van der Waals surface area contributed by atoms with Crippen LogP contribution in [0.3, 0.4) is 0 Å². The average Bonchev–Trinajstić information content (AvgIpc) is 2.00. The van der Waals surface area contributed by atoms with Crippen LogP contribution in [-0.2, 0) is 9.84 Å². The fourth-order valence-corrected chi connectivity index (χ4v) is 3.17. The summed E-state index contributed by atoms with van der Waals surface area (Å²) in [4.78, 5) is 0. The minimum Gasteiger partial charge on any atom is -0.330 e. The van der Waals surface area contributed by atoms with Gasteiger partial charge in [0.1, 0.15) is 0 Å². The van der Waals surface area contributed by atoms with Gasteiger partial charge in [0.25, 0.3) is 0 Å². The van der Waals surface area contributed by atoms with Crippen LogP contribution in [-0.4, -0.2) is 25.5 Å². The predicted molar refractivity (Wildman–Crippen MR) is 63.4 cm³/mol. The van der Waals surface area contributed by atoms with E-state index in [4.69, 9.17) is 5.73 Å². The zero-order valence-corrected chi connectivity index (χ0v) is 10.8. The van der Waals surface area contributed by atoms with E-state index in [1.807, 2.05) is 0 Å². The van der Waals surface area contributed by atoms with E-state index in [2.05, 4.69) is 0 Å². The number of sulfone groups is 1. The number of hydrogen-bond acceptors (Lipinski definition) is 3. The van der Waals surface area contributed by atoms with Crippen LogP contribution in [0.15, 0.2) is 0 Å². The molecule has 3 nitrogen and oxygen atoms in total. The van der Waals surface area contributed by atoms with Crippen molar-refractivity contribution in [2.24, 2.45) is 17.6 Å². The van der Waals surface area contributed by atoms with Crippen molar-refractivity contribution in [3.63, 3.8) is 0 Å². The minimum atomic E-state index is -2.94. The largest absolute Gasteiger partial charge is 0.330 e. The Bertz CT molecular complexity index is 301. The van der Waals surface area contributed by atoms with Crippen molar-refractivity contribution in [3.05, 3.63) is 0 Å². The van der Waals surface area contributed by atoms with Gasteiger partial charge in [0.05, 0.1) is 10.5 Å². The molecule has 1 saturated carbocycles. The molecule has 0 spiro atoms. The molecule has 1 rings (SSSR count). The molecule has 4 heteroatoms. The van der Waals surface area contributed by atoms with Gasteiger partial charge >= 0.3 is 0 Å². The lowest BCUT2D eigenvalue weighted by Gasteiger charge is -2.36. The molecule has 0 radical (unpaired) electrons. The molecule has 0 amide bonds. The van der Waals surface area contributed by atoms with Gasteiger partial charge in [-0.05, 0) is 58.4 Å². The van der Waals surface area contributed by atoms with E-state index in [0.717, 1.165) is 12.8 Å². The molecule has 1 aliphatic carbocycles. The Labute approximate surface area is 93.3 Å². The molecule has 2 unspecified atom stereocenters. The summed E-state index contributed by atoms with van der Waals surface area (Å²) in [6, 6.07) is 0. The van der Waals surface area contributed by atoms with Gasteiger partial charge in [0.2, 0.25) is 0 Å². The number of hydrogen-bond donors (Lipinski definition) is 1. The van der Waals surface area contributed by atoms with Gasteiger partial charge in [-0.3, -0.25) is 0 Å². The van der Waals surface area contributed by atoms with E-state index in [-0.39, 0.29) is 0 Å². The van der Waals surface area contributed by atoms with Crippen LogP contribution in [0.2, 0.25) is 0 Å². The molecule has 0 aliphatic heterocycles. The van der Waals surface area contributed by atoms with Gasteiger partial charge < -0.3 is 5.73 Å². The van der Waals surface area contributed by atoms with Crippen LogP contribution in [0, 0.1) is 11.8 Å². The van der Waals surface area contributed by atoms with Crippen LogP contribution < -0.4 is 5.73 Å². The van der Waals surface area contributed by atoms with Gasteiger partial charge in [-0.15, -0.1) is 0 Å². The van der Waals surface area contributed by atoms with E-state index < -0.39 is 14.6 Å². The zero-order chi connectivity index (χ0) is 11.7. The molecule has 0 saturated heterocycles. The van der Waals surface area contributed by atoms with Crippen molar-refractivity contribution in [2.75, 3.05) is 12.3 Å². The first-order valence-electron chi connectivity index (χ1n) is 5.70. The first-order valence-corrected chi connectivity index (χ1v) is 7.35. The van der Waals surface area contributed by atoms with Crippen LogP contribution in [0.1, 0.15) is 40.0 Å². The Kier molecular flexibility index (Phi) is 3.82. The third kappa shape index (κ3) is 2.94. The Balaban J connectivity index is 2.44. The summed E-state index contributed by atoms with van der Waals surface area (Å²) in [7, 11) is -2.94.